The van der Waals surface area contributed by atoms with Crippen molar-refractivity contribution in [1.82, 2.24) is 0 Å². The molecule has 1 heterocycles. The second-order valence-electron chi connectivity index (χ2n) is 5.35. The molecule has 0 aromatic heterocycles. The molecule has 0 amide bonds. The third kappa shape index (κ3) is 3.56. The first kappa shape index (κ1) is 16.1. The first-order chi connectivity index (χ1) is 11.4. The van der Waals surface area contributed by atoms with E-state index >= 15 is 0 Å². The van der Waals surface area contributed by atoms with E-state index in [0.29, 0.717) is 12.0 Å². The Kier molecular flexibility index (Phi) is 4.25. The van der Waals surface area contributed by atoms with Crippen LogP contribution in [0.3, 0.4) is 0 Å². The van der Waals surface area contributed by atoms with Crippen molar-refractivity contribution < 1.29 is 22.7 Å². The van der Waals surface area contributed by atoms with Crippen molar-refractivity contribution in [2.24, 2.45) is 0 Å². The lowest BCUT2D eigenvalue weighted by Gasteiger charge is -2.09. The monoisotopic (exact) mass is 330 g/mol. The summed E-state index contributed by atoms with van der Waals surface area (Å²) in [5.41, 5.74) is 0.540. The molecule has 0 spiro atoms. The van der Waals surface area contributed by atoms with Crippen LogP contribution in [0.15, 0.2) is 72.0 Å². The van der Waals surface area contributed by atoms with Crippen molar-refractivity contribution in [2.75, 3.05) is 0 Å². The molecule has 0 atom stereocenters. The molecule has 0 saturated heterocycles. The van der Waals surface area contributed by atoms with E-state index in [9.17, 15) is 18.0 Å². The molecular formula is C19H13F3O2. The lowest BCUT2D eigenvalue weighted by Crippen LogP contribution is -2.07. The summed E-state index contributed by atoms with van der Waals surface area (Å²) >= 11 is 0. The SMILES string of the molecule is O=C1O/C(=C\c2ccccc2C(F)(F)F)C=C1Cc1ccccc1. The van der Waals surface area contributed by atoms with Crippen LogP contribution < -0.4 is 0 Å². The average molecular weight is 330 g/mol. The Morgan fingerprint density at radius 3 is 2.33 bits per heavy atom. The van der Waals surface area contributed by atoms with Gasteiger partial charge < -0.3 is 4.74 Å². The van der Waals surface area contributed by atoms with E-state index in [1.54, 1.807) is 0 Å². The number of cyclic esters (lactones) is 1. The fraction of sp³-hybridized carbons (Fsp3) is 0.105. The number of carbonyl (C=O) groups is 1. The molecule has 0 radical (unpaired) electrons. The number of carbonyl (C=O) groups excluding carboxylic acids is 1. The number of rotatable bonds is 3. The molecule has 0 aliphatic carbocycles. The largest absolute Gasteiger partial charge is 0.423 e. The summed E-state index contributed by atoms with van der Waals surface area (Å²) in [4.78, 5) is 11.9. The summed E-state index contributed by atoms with van der Waals surface area (Å²) in [5, 5.41) is 0. The molecule has 3 rings (SSSR count). The number of halogens is 3. The second-order valence-corrected chi connectivity index (χ2v) is 5.35. The number of esters is 1. The number of benzene rings is 2. The van der Waals surface area contributed by atoms with Crippen molar-refractivity contribution in [3.63, 3.8) is 0 Å². The van der Waals surface area contributed by atoms with Gasteiger partial charge in [0.1, 0.15) is 5.76 Å². The van der Waals surface area contributed by atoms with E-state index in [4.69, 9.17) is 4.74 Å². The van der Waals surface area contributed by atoms with Crippen LogP contribution in [0.5, 0.6) is 0 Å². The molecule has 5 heteroatoms. The highest BCUT2D eigenvalue weighted by atomic mass is 19.4. The van der Waals surface area contributed by atoms with Crippen molar-refractivity contribution in [3.8, 4) is 0 Å². The highest BCUT2D eigenvalue weighted by molar-refractivity contribution is 5.94. The molecule has 2 aromatic carbocycles. The van der Waals surface area contributed by atoms with Crippen molar-refractivity contribution in [1.29, 1.82) is 0 Å². The number of allylic oxidation sites excluding steroid dienone is 1. The molecule has 2 aromatic rings. The standard InChI is InChI=1S/C19H13F3O2/c20-19(21,22)17-9-5-4-8-14(17)11-16-12-15(18(23)24-16)10-13-6-2-1-3-7-13/h1-9,11-12H,10H2/b16-11-. The van der Waals surface area contributed by atoms with Crippen LogP contribution in [0.1, 0.15) is 16.7 Å². The van der Waals surface area contributed by atoms with E-state index in [1.165, 1.54) is 30.4 Å². The predicted octanol–water partition coefficient (Wildman–Crippen LogP) is 4.77. The number of hydrogen-bond donors (Lipinski definition) is 0. The fourth-order valence-electron chi connectivity index (χ4n) is 2.48. The molecule has 0 unspecified atom stereocenters. The Balaban J connectivity index is 1.89. The van der Waals surface area contributed by atoms with Gasteiger partial charge in [-0.15, -0.1) is 0 Å². The zero-order valence-corrected chi connectivity index (χ0v) is 12.5. The summed E-state index contributed by atoms with van der Waals surface area (Å²) in [5.74, 6) is -0.419. The van der Waals surface area contributed by atoms with Crippen molar-refractivity contribution >= 4 is 12.0 Å². The first-order valence-electron chi connectivity index (χ1n) is 7.28. The van der Waals surface area contributed by atoms with Crippen LogP contribution in [0.2, 0.25) is 0 Å². The van der Waals surface area contributed by atoms with Crippen LogP contribution in [0.4, 0.5) is 13.2 Å². The molecule has 0 fully saturated rings. The van der Waals surface area contributed by atoms with Gasteiger partial charge in [-0.2, -0.15) is 13.2 Å². The second kappa shape index (κ2) is 6.35. The lowest BCUT2D eigenvalue weighted by atomic mass is 10.0. The van der Waals surface area contributed by atoms with Gasteiger partial charge in [0.25, 0.3) is 0 Å². The Hall–Kier alpha value is -2.82. The molecular weight excluding hydrogens is 317 g/mol. The molecule has 122 valence electrons. The molecule has 1 aliphatic rings. The maximum absolute atomic E-state index is 13.0. The van der Waals surface area contributed by atoms with E-state index in [1.807, 2.05) is 30.3 Å². The quantitative estimate of drug-likeness (QED) is 0.758. The summed E-state index contributed by atoms with van der Waals surface area (Å²) in [6.45, 7) is 0. The van der Waals surface area contributed by atoms with Gasteiger partial charge in [-0.1, -0.05) is 48.5 Å². The molecule has 1 aliphatic heterocycles. The minimum absolute atomic E-state index is 0.0370. The third-order valence-corrected chi connectivity index (χ3v) is 3.59. The van der Waals surface area contributed by atoms with Gasteiger partial charge in [0.2, 0.25) is 0 Å². The molecule has 0 bridgehead atoms. The van der Waals surface area contributed by atoms with Gasteiger partial charge in [0.05, 0.1) is 5.56 Å². The fourth-order valence-corrected chi connectivity index (χ4v) is 2.48. The minimum Gasteiger partial charge on any atom is -0.423 e. The van der Waals surface area contributed by atoms with Crippen LogP contribution in [-0.2, 0) is 22.1 Å². The highest BCUT2D eigenvalue weighted by Gasteiger charge is 2.33. The van der Waals surface area contributed by atoms with Crippen LogP contribution in [0.25, 0.3) is 6.08 Å². The van der Waals surface area contributed by atoms with Crippen LogP contribution >= 0.6 is 0 Å². The topological polar surface area (TPSA) is 26.3 Å². The minimum atomic E-state index is -4.47. The normalized spacial score (nSPS) is 16.2. The van der Waals surface area contributed by atoms with Gasteiger partial charge in [0.15, 0.2) is 0 Å². The maximum Gasteiger partial charge on any atom is 0.416 e. The summed E-state index contributed by atoms with van der Waals surface area (Å²) in [7, 11) is 0. The van der Waals surface area contributed by atoms with E-state index in [-0.39, 0.29) is 11.3 Å². The lowest BCUT2D eigenvalue weighted by molar-refractivity contribution is -0.137. The number of alkyl halides is 3. The van der Waals surface area contributed by atoms with Gasteiger partial charge in [-0.3, -0.25) is 0 Å². The van der Waals surface area contributed by atoms with Crippen LogP contribution in [-0.4, -0.2) is 5.97 Å². The van der Waals surface area contributed by atoms with Crippen molar-refractivity contribution in [3.05, 3.63) is 88.7 Å². The summed E-state index contributed by atoms with van der Waals surface area (Å²) in [6, 6.07) is 14.5. The predicted molar refractivity (Wildman–Crippen MR) is 83.7 cm³/mol. The molecule has 0 saturated carbocycles. The molecule has 24 heavy (non-hydrogen) atoms. The van der Waals surface area contributed by atoms with E-state index in [2.05, 4.69) is 0 Å². The highest BCUT2D eigenvalue weighted by Crippen LogP contribution is 2.33. The average Bonchev–Trinajstić information content (AvgIpc) is 2.87. The molecule has 0 N–H and O–H groups in total. The third-order valence-electron chi connectivity index (χ3n) is 3.59. The number of ether oxygens (including phenoxy) is 1. The summed E-state index contributed by atoms with van der Waals surface area (Å²) in [6.07, 6.45) is -1.37. The van der Waals surface area contributed by atoms with Crippen LogP contribution in [0, 0.1) is 0 Å². The first-order valence-corrected chi connectivity index (χ1v) is 7.28. The summed E-state index contributed by atoms with van der Waals surface area (Å²) < 4.78 is 44.1. The smallest absolute Gasteiger partial charge is 0.416 e. The Morgan fingerprint density at radius 2 is 1.62 bits per heavy atom. The Morgan fingerprint density at radius 1 is 0.958 bits per heavy atom. The van der Waals surface area contributed by atoms with Gasteiger partial charge >= 0.3 is 12.1 Å². The zero-order valence-electron chi connectivity index (χ0n) is 12.5. The maximum atomic E-state index is 13.0. The van der Waals surface area contributed by atoms with E-state index in [0.717, 1.165) is 11.6 Å². The van der Waals surface area contributed by atoms with Gasteiger partial charge in [-0.25, -0.2) is 4.79 Å². The van der Waals surface area contributed by atoms with Crippen molar-refractivity contribution in [2.45, 2.75) is 12.6 Å². The molecule has 2 nitrogen and oxygen atoms in total. The van der Waals surface area contributed by atoms with E-state index < -0.39 is 17.7 Å². The zero-order chi connectivity index (χ0) is 17.2. The van der Waals surface area contributed by atoms with Gasteiger partial charge in [0, 0.05) is 12.0 Å². The Bertz CT molecular complexity index is 818. The Labute approximate surface area is 136 Å². The number of hydrogen-bond acceptors (Lipinski definition) is 2. The van der Waals surface area contributed by atoms with Gasteiger partial charge in [-0.05, 0) is 29.3 Å².